The molecule has 0 amide bonds. The summed E-state index contributed by atoms with van der Waals surface area (Å²) in [5.41, 5.74) is 5.79. The Bertz CT molecular complexity index is 1440. The van der Waals surface area contributed by atoms with Gasteiger partial charge in [0.2, 0.25) is 0 Å². The van der Waals surface area contributed by atoms with Crippen molar-refractivity contribution in [2.45, 2.75) is 24.8 Å². The number of benzene rings is 1. The zero-order valence-corrected chi connectivity index (χ0v) is 19.8. The lowest BCUT2D eigenvalue weighted by Gasteiger charge is -2.34. The van der Waals surface area contributed by atoms with Gasteiger partial charge in [-0.1, -0.05) is 6.07 Å². The molecule has 1 N–H and O–H groups in total. The van der Waals surface area contributed by atoms with E-state index in [9.17, 15) is 8.42 Å². The topological polar surface area (TPSA) is 106 Å². The van der Waals surface area contributed by atoms with Crippen LogP contribution in [-0.2, 0) is 21.6 Å². The average molecular weight is 467 g/mol. The Kier molecular flexibility index (Phi) is 5.21. The van der Waals surface area contributed by atoms with E-state index in [0.717, 1.165) is 45.8 Å². The molecule has 0 radical (unpaired) electrons. The Morgan fingerprint density at radius 1 is 1.18 bits per heavy atom. The van der Waals surface area contributed by atoms with Crippen molar-refractivity contribution in [2.24, 2.45) is 7.05 Å². The second kappa shape index (κ2) is 7.96. The van der Waals surface area contributed by atoms with E-state index >= 15 is 0 Å². The molecule has 1 saturated heterocycles. The summed E-state index contributed by atoms with van der Waals surface area (Å²) < 4.78 is 31.6. The number of pyridine rings is 1. The molecule has 0 bridgehead atoms. The highest BCUT2D eigenvalue weighted by Gasteiger charge is 2.25. The van der Waals surface area contributed by atoms with Gasteiger partial charge in [-0.25, -0.2) is 13.4 Å². The molecule has 4 heterocycles. The first-order chi connectivity index (χ1) is 15.7. The fourth-order valence-electron chi connectivity index (χ4n) is 4.42. The highest BCUT2D eigenvalue weighted by atomic mass is 32.2. The summed E-state index contributed by atoms with van der Waals surface area (Å²) in [6.07, 6.45) is 2.99. The highest BCUT2D eigenvalue weighted by molar-refractivity contribution is 7.90. The van der Waals surface area contributed by atoms with Gasteiger partial charge in [0, 0.05) is 31.6 Å². The van der Waals surface area contributed by atoms with E-state index in [-0.39, 0.29) is 6.04 Å². The summed E-state index contributed by atoms with van der Waals surface area (Å²) >= 11 is 0. The molecule has 9 nitrogen and oxygen atoms in total. The van der Waals surface area contributed by atoms with Crippen molar-refractivity contribution in [1.82, 2.24) is 25.0 Å². The Morgan fingerprint density at radius 3 is 2.67 bits per heavy atom. The number of rotatable bonds is 4. The quantitative estimate of drug-likeness (QED) is 0.493. The van der Waals surface area contributed by atoms with Gasteiger partial charge in [0.15, 0.2) is 9.84 Å². The van der Waals surface area contributed by atoms with Crippen molar-refractivity contribution < 1.29 is 13.2 Å². The third-order valence-corrected chi connectivity index (χ3v) is 7.21. The molecule has 4 aromatic rings. The molecule has 1 fully saturated rings. The fraction of sp³-hybridized carbons (Fsp3) is 0.348. The molecule has 33 heavy (non-hydrogen) atoms. The second-order valence-electron chi connectivity index (χ2n) is 8.52. The number of aromatic amines is 1. The van der Waals surface area contributed by atoms with Gasteiger partial charge in [0.05, 0.1) is 29.7 Å². The number of morpholine rings is 1. The van der Waals surface area contributed by atoms with Crippen LogP contribution in [0.1, 0.15) is 12.5 Å². The Morgan fingerprint density at radius 2 is 2.00 bits per heavy atom. The third kappa shape index (κ3) is 3.79. The van der Waals surface area contributed by atoms with E-state index in [1.807, 2.05) is 30.8 Å². The molecule has 3 aromatic heterocycles. The van der Waals surface area contributed by atoms with Crippen LogP contribution in [0.5, 0.6) is 0 Å². The molecule has 1 aromatic carbocycles. The number of H-pyrrole nitrogens is 1. The van der Waals surface area contributed by atoms with E-state index in [4.69, 9.17) is 14.8 Å². The maximum atomic E-state index is 12.1. The van der Waals surface area contributed by atoms with Crippen molar-refractivity contribution in [3.63, 3.8) is 0 Å². The highest BCUT2D eigenvalue weighted by Crippen LogP contribution is 2.37. The maximum absolute atomic E-state index is 12.1. The van der Waals surface area contributed by atoms with Gasteiger partial charge in [0.1, 0.15) is 22.7 Å². The molecule has 10 heteroatoms. The smallest absolute Gasteiger partial charge is 0.175 e. The molecule has 0 aliphatic carbocycles. The lowest BCUT2D eigenvalue weighted by Crippen LogP contribution is -2.44. The number of nitrogens with zero attached hydrogens (tertiary/aromatic N) is 5. The predicted octanol–water partition coefficient (Wildman–Crippen LogP) is 2.96. The normalized spacial score (nSPS) is 17.1. The predicted molar refractivity (Wildman–Crippen MR) is 127 cm³/mol. The molecule has 1 unspecified atom stereocenters. The van der Waals surface area contributed by atoms with Crippen molar-refractivity contribution in [1.29, 1.82) is 0 Å². The number of aryl methyl sites for hydroxylation is 2. The molecule has 172 valence electrons. The Hall–Kier alpha value is -3.24. The van der Waals surface area contributed by atoms with Crippen LogP contribution >= 0.6 is 0 Å². The van der Waals surface area contributed by atoms with Crippen LogP contribution in [-0.4, -0.2) is 65.4 Å². The van der Waals surface area contributed by atoms with E-state index in [1.54, 1.807) is 18.3 Å². The molecule has 0 spiro atoms. The standard InChI is InChI=1S/C23H26N6O3S/c1-14-11-16(33(4,30)31)5-6-17(14)18-12-20(29-9-10-32-13-15(29)2)25-22-21(19-7-8-24-26-19)27-28(3)23(18)22/h5-8,11-12,15H,9-10,13H2,1-4H3,(H,24,26). The summed E-state index contributed by atoms with van der Waals surface area (Å²) in [7, 11) is -1.41. The van der Waals surface area contributed by atoms with E-state index in [0.29, 0.717) is 23.8 Å². The number of nitrogens with one attached hydrogen (secondary N) is 1. The van der Waals surface area contributed by atoms with Crippen molar-refractivity contribution in [2.75, 3.05) is 30.9 Å². The lowest BCUT2D eigenvalue weighted by molar-refractivity contribution is 0.0986. The maximum Gasteiger partial charge on any atom is 0.175 e. The number of anilines is 1. The number of sulfone groups is 1. The first kappa shape index (κ1) is 21.6. The molecule has 1 atom stereocenters. The molecule has 0 saturated carbocycles. The van der Waals surface area contributed by atoms with Crippen LogP contribution in [0.15, 0.2) is 41.4 Å². The van der Waals surface area contributed by atoms with E-state index in [2.05, 4.69) is 28.1 Å². The van der Waals surface area contributed by atoms with Gasteiger partial charge < -0.3 is 9.64 Å². The van der Waals surface area contributed by atoms with Crippen LogP contribution in [0.25, 0.3) is 33.5 Å². The zero-order valence-electron chi connectivity index (χ0n) is 19.0. The van der Waals surface area contributed by atoms with Crippen molar-refractivity contribution >= 4 is 26.7 Å². The molecule has 5 rings (SSSR count). The minimum absolute atomic E-state index is 0.177. The second-order valence-corrected chi connectivity index (χ2v) is 10.5. The van der Waals surface area contributed by atoms with Crippen LogP contribution in [0.2, 0.25) is 0 Å². The summed E-state index contributed by atoms with van der Waals surface area (Å²) in [6, 6.07) is 9.37. The van der Waals surface area contributed by atoms with Gasteiger partial charge in [-0.05, 0) is 49.2 Å². The van der Waals surface area contributed by atoms with Crippen LogP contribution < -0.4 is 4.90 Å². The third-order valence-electron chi connectivity index (χ3n) is 6.10. The van der Waals surface area contributed by atoms with Gasteiger partial charge in [0.25, 0.3) is 0 Å². The Balaban J connectivity index is 1.79. The summed E-state index contributed by atoms with van der Waals surface area (Å²) in [5.74, 6) is 0.838. The van der Waals surface area contributed by atoms with Crippen LogP contribution in [0.3, 0.4) is 0 Å². The SMILES string of the molecule is Cc1cc(S(C)(=O)=O)ccc1-c1cc(N2CCOCC2C)nc2c(-c3cc[nH]n3)nn(C)c12. The van der Waals surface area contributed by atoms with Crippen LogP contribution in [0.4, 0.5) is 5.82 Å². The van der Waals surface area contributed by atoms with Gasteiger partial charge in [-0.15, -0.1) is 0 Å². The monoisotopic (exact) mass is 466 g/mol. The first-order valence-corrected chi connectivity index (χ1v) is 12.7. The molecule has 1 aliphatic heterocycles. The first-order valence-electron chi connectivity index (χ1n) is 10.8. The Labute approximate surface area is 192 Å². The van der Waals surface area contributed by atoms with Crippen molar-refractivity contribution in [3.05, 3.63) is 42.1 Å². The number of ether oxygens (including phenoxy) is 1. The number of hydrogen-bond donors (Lipinski definition) is 1. The molecule has 1 aliphatic rings. The van der Waals surface area contributed by atoms with Crippen LogP contribution in [0, 0.1) is 6.92 Å². The number of fused-ring (bicyclic) bond motifs is 1. The lowest BCUT2D eigenvalue weighted by atomic mass is 9.99. The van der Waals surface area contributed by atoms with E-state index in [1.165, 1.54) is 6.26 Å². The average Bonchev–Trinajstić information content (AvgIpc) is 3.41. The summed E-state index contributed by atoms with van der Waals surface area (Å²) in [6.45, 7) is 6.06. The minimum atomic E-state index is -3.30. The summed E-state index contributed by atoms with van der Waals surface area (Å²) in [4.78, 5) is 7.58. The van der Waals surface area contributed by atoms with Gasteiger partial charge >= 0.3 is 0 Å². The number of aromatic nitrogens is 5. The summed E-state index contributed by atoms with van der Waals surface area (Å²) in [5, 5.41) is 11.9. The van der Waals surface area contributed by atoms with E-state index < -0.39 is 9.84 Å². The molecular formula is C23H26N6O3S. The van der Waals surface area contributed by atoms with Crippen molar-refractivity contribution in [3.8, 4) is 22.5 Å². The largest absolute Gasteiger partial charge is 0.377 e. The fourth-order valence-corrected chi connectivity index (χ4v) is 5.12. The van der Waals surface area contributed by atoms with Gasteiger partial charge in [-0.2, -0.15) is 10.2 Å². The molecular weight excluding hydrogens is 440 g/mol. The van der Waals surface area contributed by atoms with Gasteiger partial charge in [-0.3, -0.25) is 9.78 Å². The minimum Gasteiger partial charge on any atom is -0.377 e. The zero-order chi connectivity index (χ0) is 23.3. The number of hydrogen-bond acceptors (Lipinski definition) is 7.